The highest BCUT2D eigenvalue weighted by atomic mass is 16.5. The third-order valence-electron chi connectivity index (χ3n) is 2.17. The summed E-state index contributed by atoms with van der Waals surface area (Å²) in [5.41, 5.74) is 5.51. The lowest BCUT2D eigenvalue weighted by Gasteiger charge is -2.19. The van der Waals surface area contributed by atoms with Gasteiger partial charge in [0.1, 0.15) is 23.3 Å². The summed E-state index contributed by atoms with van der Waals surface area (Å²) in [5, 5.41) is 0. The van der Waals surface area contributed by atoms with Gasteiger partial charge in [0.05, 0.1) is 13.2 Å². The second-order valence-corrected chi connectivity index (χ2v) is 3.18. The third-order valence-corrected chi connectivity index (χ3v) is 2.17. The molecule has 1 saturated heterocycles. The average Bonchev–Trinajstić information content (AvgIpc) is 2.18. The Morgan fingerprint density at radius 3 is 3.14 bits per heavy atom. The van der Waals surface area contributed by atoms with E-state index in [2.05, 4.69) is 9.97 Å². The van der Waals surface area contributed by atoms with E-state index in [-0.39, 0.29) is 11.7 Å². The summed E-state index contributed by atoms with van der Waals surface area (Å²) >= 11 is 0. The highest BCUT2D eigenvalue weighted by Gasteiger charge is 2.26. The van der Waals surface area contributed by atoms with Gasteiger partial charge in [-0.3, -0.25) is 4.79 Å². The number of carbonyl (C=O) groups is 1. The van der Waals surface area contributed by atoms with Crippen molar-refractivity contribution >= 4 is 11.6 Å². The average molecular weight is 193 g/mol. The second-order valence-electron chi connectivity index (χ2n) is 3.18. The summed E-state index contributed by atoms with van der Waals surface area (Å²) in [6, 6.07) is 1.59. The Hall–Kier alpha value is -1.49. The van der Waals surface area contributed by atoms with E-state index >= 15 is 0 Å². The van der Waals surface area contributed by atoms with E-state index in [1.54, 1.807) is 12.3 Å². The Morgan fingerprint density at radius 2 is 2.43 bits per heavy atom. The van der Waals surface area contributed by atoms with Gasteiger partial charge < -0.3 is 10.5 Å². The number of anilines is 1. The number of nitrogens with zero attached hydrogens (tertiary/aromatic N) is 2. The van der Waals surface area contributed by atoms with Crippen molar-refractivity contribution in [2.75, 3.05) is 18.9 Å². The first-order valence-electron chi connectivity index (χ1n) is 4.46. The lowest BCUT2D eigenvalue weighted by molar-refractivity contribution is -0.126. The van der Waals surface area contributed by atoms with E-state index < -0.39 is 0 Å². The first-order valence-corrected chi connectivity index (χ1v) is 4.46. The van der Waals surface area contributed by atoms with Gasteiger partial charge in [-0.1, -0.05) is 0 Å². The van der Waals surface area contributed by atoms with Gasteiger partial charge >= 0.3 is 0 Å². The minimum Gasteiger partial charge on any atom is -0.384 e. The second kappa shape index (κ2) is 3.71. The summed E-state index contributed by atoms with van der Waals surface area (Å²) in [5.74, 6) is 0.636. The Balaban J connectivity index is 2.24. The first-order chi connectivity index (χ1) is 6.77. The van der Waals surface area contributed by atoms with Crippen molar-refractivity contribution in [3.05, 3.63) is 18.1 Å². The van der Waals surface area contributed by atoms with Gasteiger partial charge in [-0.15, -0.1) is 0 Å². The SMILES string of the molecule is Nc1ccnc(C2COCCC2=O)n1. The topological polar surface area (TPSA) is 78.1 Å². The van der Waals surface area contributed by atoms with Gasteiger partial charge in [-0.2, -0.15) is 0 Å². The highest BCUT2D eigenvalue weighted by Crippen LogP contribution is 2.19. The highest BCUT2D eigenvalue weighted by molar-refractivity contribution is 5.85. The van der Waals surface area contributed by atoms with Crippen LogP contribution in [0.25, 0.3) is 0 Å². The van der Waals surface area contributed by atoms with Crippen LogP contribution < -0.4 is 5.73 Å². The minimum atomic E-state index is -0.341. The van der Waals surface area contributed by atoms with Crippen LogP contribution in [0.4, 0.5) is 5.82 Å². The lowest BCUT2D eigenvalue weighted by Crippen LogP contribution is -2.27. The van der Waals surface area contributed by atoms with Crippen molar-refractivity contribution in [1.82, 2.24) is 9.97 Å². The Labute approximate surface area is 81.3 Å². The van der Waals surface area contributed by atoms with Gasteiger partial charge in [-0.25, -0.2) is 9.97 Å². The number of Topliss-reactive ketones (excluding diaryl/α,β-unsaturated/α-hetero) is 1. The maximum absolute atomic E-state index is 11.5. The molecule has 1 aromatic rings. The monoisotopic (exact) mass is 193 g/mol. The van der Waals surface area contributed by atoms with Gasteiger partial charge in [0.2, 0.25) is 0 Å². The molecular formula is C9H11N3O2. The van der Waals surface area contributed by atoms with Crippen molar-refractivity contribution in [2.45, 2.75) is 12.3 Å². The van der Waals surface area contributed by atoms with E-state index in [9.17, 15) is 4.79 Å². The molecule has 2 N–H and O–H groups in total. The number of hydrogen-bond acceptors (Lipinski definition) is 5. The molecule has 5 heteroatoms. The summed E-state index contributed by atoms with van der Waals surface area (Å²) < 4.78 is 5.21. The van der Waals surface area contributed by atoms with Gasteiger partial charge in [0, 0.05) is 12.6 Å². The Kier molecular flexibility index (Phi) is 2.41. The summed E-state index contributed by atoms with van der Waals surface area (Å²) in [6.45, 7) is 0.861. The van der Waals surface area contributed by atoms with Crippen LogP contribution in [-0.4, -0.2) is 29.0 Å². The molecule has 1 fully saturated rings. The Morgan fingerprint density at radius 1 is 1.57 bits per heavy atom. The number of carbonyl (C=O) groups excluding carboxylic acids is 1. The molecule has 0 bridgehead atoms. The molecule has 74 valence electrons. The number of aromatic nitrogens is 2. The zero-order valence-electron chi connectivity index (χ0n) is 7.64. The first kappa shape index (κ1) is 9.08. The number of nitrogen functional groups attached to an aromatic ring is 1. The van der Waals surface area contributed by atoms with Crippen LogP contribution in [0.5, 0.6) is 0 Å². The molecule has 2 heterocycles. The summed E-state index contributed by atoms with van der Waals surface area (Å²) in [7, 11) is 0. The van der Waals surface area contributed by atoms with E-state index in [4.69, 9.17) is 10.5 Å². The summed E-state index contributed by atoms with van der Waals surface area (Å²) in [6.07, 6.45) is 1.99. The number of nitrogens with two attached hydrogens (primary N) is 1. The smallest absolute Gasteiger partial charge is 0.148 e. The lowest BCUT2D eigenvalue weighted by atomic mass is 10.00. The molecule has 0 spiro atoms. The molecule has 1 aliphatic rings. The number of hydrogen-bond donors (Lipinski definition) is 1. The van der Waals surface area contributed by atoms with Gasteiger partial charge in [0.25, 0.3) is 0 Å². The molecule has 0 saturated carbocycles. The third kappa shape index (κ3) is 1.72. The Bertz CT molecular complexity index is 354. The molecule has 1 aromatic heterocycles. The van der Waals surface area contributed by atoms with Crippen molar-refractivity contribution in [2.24, 2.45) is 0 Å². The zero-order valence-corrected chi connectivity index (χ0v) is 7.64. The van der Waals surface area contributed by atoms with Crippen molar-refractivity contribution < 1.29 is 9.53 Å². The van der Waals surface area contributed by atoms with Crippen molar-refractivity contribution in [3.63, 3.8) is 0 Å². The quantitative estimate of drug-likeness (QED) is 0.686. The molecule has 0 radical (unpaired) electrons. The summed E-state index contributed by atoms with van der Waals surface area (Å²) in [4.78, 5) is 19.5. The molecule has 1 aliphatic heterocycles. The maximum atomic E-state index is 11.5. The van der Waals surface area contributed by atoms with Crippen LogP contribution in [0, 0.1) is 0 Å². The molecule has 1 atom stereocenters. The van der Waals surface area contributed by atoms with Crippen molar-refractivity contribution in [1.29, 1.82) is 0 Å². The van der Waals surface area contributed by atoms with Crippen LogP contribution in [0.2, 0.25) is 0 Å². The molecule has 0 aliphatic carbocycles. The molecule has 0 aromatic carbocycles. The fraction of sp³-hybridized carbons (Fsp3) is 0.444. The van der Waals surface area contributed by atoms with E-state index in [1.165, 1.54) is 0 Å². The molecule has 14 heavy (non-hydrogen) atoms. The van der Waals surface area contributed by atoms with Crippen LogP contribution in [-0.2, 0) is 9.53 Å². The standard InChI is InChI=1S/C9H11N3O2/c10-8-1-3-11-9(12-8)6-5-14-4-2-7(6)13/h1,3,6H,2,4-5H2,(H2,10,11,12). The fourth-order valence-corrected chi connectivity index (χ4v) is 1.42. The number of ether oxygens (including phenoxy) is 1. The van der Waals surface area contributed by atoms with Gasteiger partial charge in [0.15, 0.2) is 0 Å². The minimum absolute atomic E-state index is 0.127. The maximum Gasteiger partial charge on any atom is 0.148 e. The van der Waals surface area contributed by atoms with Crippen LogP contribution in [0.3, 0.4) is 0 Å². The number of ketones is 1. The molecular weight excluding hydrogens is 182 g/mol. The van der Waals surface area contributed by atoms with Crippen molar-refractivity contribution in [3.8, 4) is 0 Å². The largest absolute Gasteiger partial charge is 0.384 e. The molecule has 5 nitrogen and oxygen atoms in total. The van der Waals surface area contributed by atoms with E-state index in [0.717, 1.165) is 0 Å². The van der Waals surface area contributed by atoms with E-state index in [0.29, 0.717) is 31.3 Å². The van der Waals surface area contributed by atoms with Gasteiger partial charge in [-0.05, 0) is 6.07 Å². The predicted molar refractivity (Wildman–Crippen MR) is 49.6 cm³/mol. The fourth-order valence-electron chi connectivity index (χ4n) is 1.42. The number of rotatable bonds is 1. The van der Waals surface area contributed by atoms with E-state index in [1.807, 2.05) is 0 Å². The van der Waals surface area contributed by atoms with Crippen LogP contribution >= 0.6 is 0 Å². The van der Waals surface area contributed by atoms with Crippen LogP contribution in [0.1, 0.15) is 18.2 Å². The van der Waals surface area contributed by atoms with Crippen LogP contribution in [0.15, 0.2) is 12.3 Å². The normalized spacial score (nSPS) is 22.3. The molecule has 2 rings (SSSR count). The molecule has 1 unspecified atom stereocenters. The predicted octanol–water partition coefficient (Wildman–Crippen LogP) is 0.132. The molecule has 0 amide bonds. The zero-order chi connectivity index (χ0) is 9.97.